The number of benzene rings is 2. The lowest BCUT2D eigenvalue weighted by molar-refractivity contribution is -0.116. The third-order valence-electron chi connectivity index (χ3n) is 4.06. The molecule has 2 aromatic carbocycles. The number of Topliss-reactive ketones (excluding diaryl/α,β-unsaturated/α-hetero) is 1. The van der Waals surface area contributed by atoms with Crippen LogP contribution in [-0.2, 0) is 4.79 Å². The van der Waals surface area contributed by atoms with Crippen LogP contribution >= 0.6 is 34.4 Å². The molecule has 0 spiro atoms. The number of hydrogen-bond donors (Lipinski definition) is 1. The summed E-state index contributed by atoms with van der Waals surface area (Å²) < 4.78 is 0.669. The molecule has 4 aromatic rings. The molecule has 0 fully saturated rings. The van der Waals surface area contributed by atoms with Gasteiger partial charge in [-0.05, 0) is 12.1 Å². The molecular weight excluding hydrogens is 434 g/mol. The smallest absolute Gasteiger partial charge is 0.210 e. The fourth-order valence-corrected chi connectivity index (χ4v) is 5.18. The fourth-order valence-electron chi connectivity index (χ4n) is 2.61. The number of para-hydroxylation sites is 1. The maximum Gasteiger partial charge on any atom is 0.210 e. The predicted octanol–water partition coefficient (Wildman–Crippen LogP) is 5.37. The average Bonchev–Trinajstić information content (AvgIpc) is 3.44. The first-order chi connectivity index (χ1) is 14.7. The van der Waals surface area contributed by atoms with Crippen molar-refractivity contribution < 1.29 is 4.79 Å². The molecule has 30 heavy (non-hydrogen) atoms. The predicted molar refractivity (Wildman–Crippen MR) is 121 cm³/mol. The van der Waals surface area contributed by atoms with Crippen LogP contribution in [0.25, 0.3) is 11.3 Å². The summed E-state index contributed by atoms with van der Waals surface area (Å²) in [7, 11) is 0. The molecule has 0 saturated carbocycles. The van der Waals surface area contributed by atoms with Crippen LogP contribution in [0, 0.1) is 11.3 Å². The van der Waals surface area contributed by atoms with Crippen molar-refractivity contribution in [3.8, 4) is 17.3 Å². The van der Waals surface area contributed by atoms with Crippen molar-refractivity contribution in [1.82, 2.24) is 15.2 Å². The van der Waals surface area contributed by atoms with Gasteiger partial charge in [-0.25, -0.2) is 4.98 Å². The Morgan fingerprint density at radius 3 is 2.57 bits per heavy atom. The van der Waals surface area contributed by atoms with Gasteiger partial charge < -0.3 is 5.32 Å². The van der Waals surface area contributed by atoms with E-state index in [1.807, 2.05) is 66.0 Å². The molecule has 148 valence electrons. The summed E-state index contributed by atoms with van der Waals surface area (Å²) >= 11 is 3.98. The van der Waals surface area contributed by atoms with E-state index in [0.29, 0.717) is 14.5 Å². The fraction of sp³-hybridized carbons (Fsp3) is 0.0952. The molecular formula is C21H15N5OS3. The highest BCUT2D eigenvalue weighted by Gasteiger charge is 2.24. The zero-order chi connectivity index (χ0) is 20.8. The number of anilines is 2. The molecule has 2 heterocycles. The first-order valence-electron chi connectivity index (χ1n) is 8.94. The molecule has 0 aliphatic carbocycles. The van der Waals surface area contributed by atoms with Crippen molar-refractivity contribution in [2.75, 3.05) is 11.1 Å². The summed E-state index contributed by atoms with van der Waals surface area (Å²) in [6.45, 7) is 0. The van der Waals surface area contributed by atoms with E-state index >= 15 is 0 Å². The quantitative estimate of drug-likeness (QED) is 0.361. The van der Waals surface area contributed by atoms with E-state index in [9.17, 15) is 10.1 Å². The summed E-state index contributed by atoms with van der Waals surface area (Å²) in [4.78, 5) is 17.2. The zero-order valence-corrected chi connectivity index (χ0v) is 18.0. The molecule has 9 heteroatoms. The number of nitrogens with zero attached hydrogens (tertiary/aromatic N) is 4. The molecule has 0 radical (unpaired) electrons. The molecule has 0 aliphatic rings. The second-order valence-electron chi connectivity index (χ2n) is 6.12. The van der Waals surface area contributed by atoms with E-state index in [1.165, 1.54) is 34.4 Å². The number of nitrogens with one attached hydrogen (secondary N) is 1. The van der Waals surface area contributed by atoms with Gasteiger partial charge in [-0.2, -0.15) is 5.26 Å². The van der Waals surface area contributed by atoms with Gasteiger partial charge >= 0.3 is 0 Å². The van der Waals surface area contributed by atoms with Crippen LogP contribution in [0.15, 0.2) is 70.4 Å². The first kappa shape index (κ1) is 20.2. The van der Waals surface area contributed by atoms with Crippen LogP contribution in [0.3, 0.4) is 0 Å². The minimum absolute atomic E-state index is 0.137. The maximum absolute atomic E-state index is 12.7. The highest BCUT2D eigenvalue weighted by molar-refractivity contribution is 8.01. The monoisotopic (exact) mass is 449 g/mol. The van der Waals surface area contributed by atoms with Gasteiger partial charge in [-0.3, -0.25) is 4.79 Å². The van der Waals surface area contributed by atoms with Gasteiger partial charge in [0, 0.05) is 16.6 Å². The zero-order valence-electron chi connectivity index (χ0n) is 15.6. The normalized spacial score (nSPS) is 11.6. The SMILES string of the molecule is N#CC(C(=O)CSc1nnc(Nc2ccccc2)s1)c1nc(-c2ccccc2)cs1. The Hall–Kier alpha value is -3.06. The van der Waals surface area contributed by atoms with Gasteiger partial charge in [-0.1, -0.05) is 71.6 Å². The largest absolute Gasteiger partial charge is 0.330 e. The first-order valence-corrected chi connectivity index (χ1v) is 11.6. The summed E-state index contributed by atoms with van der Waals surface area (Å²) in [5.41, 5.74) is 2.66. The number of thiazole rings is 1. The number of carbonyl (C=O) groups is 1. The lowest BCUT2D eigenvalue weighted by Gasteiger charge is -2.03. The van der Waals surface area contributed by atoms with Gasteiger partial charge in [0.15, 0.2) is 16.0 Å². The molecule has 2 aromatic heterocycles. The Kier molecular flexibility index (Phi) is 6.49. The van der Waals surface area contributed by atoms with Crippen LogP contribution in [-0.4, -0.2) is 26.7 Å². The topological polar surface area (TPSA) is 91.6 Å². The molecule has 1 unspecified atom stereocenters. The Morgan fingerprint density at radius 1 is 1.10 bits per heavy atom. The molecule has 1 N–H and O–H groups in total. The van der Waals surface area contributed by atoms with E-state index in [2.05, 4.69) is 26.6 Å². The van der Waals surface area contributed by atoms with Crippen LogP contribution in [0.2, 0.25) is 0 Å². The molecule has 4 rings (SSSR count). The second-order valence-corrected chi connectivity index (χ2v) is 9.21. The van der Waals surface area contributed by atoms with E-state index in [0.717, 1.165) is 16.9 Å². The number of carbonyl (C=O) groups excluding carboxylic acids is 1. The maximum atomic E-state index is 12.7. The lowest BCUT2D eigenvalue weighted by Crippen LogP contribution is -2.13. The van der Waals surface area contributed by atoms with Gasteiger partial charge in [0.05, 0.1) is 17.5 Å². The molecule has 1 atom stereocenters. The molecule has 6 nitrogen and oxygen atoms in total. The van der Waals surface area contributed by atoms with Crippen molar-refractivity contribution in [2.24, 2.45) is 0 Å². The van der Waals surface area contributed by atoms with Crippen LogP contribution < -0.4 is 5.32 Å². The Morgan fingerprint density at radius 2 is 1.83 bits per heavy atom. The van der Waals surface area contributed by atoms with Gasteiger partial charge in [0.1, 0.15) is 5.01 Å². The minimum atomic E-state index is -0.880. The number of ketones is 1. The molecule has 0 saturated heterocycles. The van der Waals surface area contributed by atoms with Crippen LogP contribution in [0.1, 0.15) is 10.9 Å². The number of hydrogen-bond acceptors (Lipinski definition) is 9. The van der Waals surface area contributed by atoms with Crippen molar-refractivity contribution in [3.05, 3.63) is 71.1 Å². The number of nitriles is 1. The Labute approximate surface area is 185 Å². The molecule has 0 bridgehead atoms. The lowest BCUT2D eigenvalue weighted by atomic mass is 10.1. The van der Waals surface area contributed by atoms with Crippen molar-refractivity contribution in [2.45, 2.75) is 10.3 Å². The van der Waals surface area contributed by atoms with Crippen molar-refractivity contribution in [3.63, 3.8) is 0 Å². The third kappa shape index (κ3) is 4.91. The van der Waals surface area contributed by atoms with Gasteiger partial charge in [-0.15, -0.1) is 21.5 Å². The van der Waals surface area contributed by atoms with E-state index in [-0.39, 0.29) is 11.5 Å². The number of thioether (sulfide) groups is 1. The summed E-state index contributed by atoms with van der Waals surface area (Å²) in [5.74, 6) is -0.933. The number of aromatic nitrogens is 3. The van der Waals surface area contributed by atoms with Crippen LogP contribution in [0.5, 0.6) is 0 Å². The Bertz CT molecular complexity index is 1170. The third-order valence-corrected chi connectivity index (χ3v) is 6.96. The van der Waals surface area contributed by atoms with E-state index < -0.39 is 5.92 Å². The highest BCUT2D eigenvalue weighted by Crippen LogP contribution is 2.31. The van der Waals surface area contributed by atoms with Gasteiger partial charge in [0.25, 0.3) is 0 Å². The summed E-state index contributed by atoms with van der Waals surface area (Å²) in [6.07, 6.45) is 0. The van der Waals surface area contributed by atoms with E-state index in [4.69, 9.17) is 0 Å². The average molecular weight is 450 g/mol. The highest BCUT2D eigenvalue weighted by atomic mass is 32.2. The van der Waals surface area contributed by atoms with E-state index in [1.54, 1.807) is 0 Å². The second kappa shape index (κ2) is 9.63. The standard InChI is InChI=1S/C21H15N5OS3/c22-11-16(19-24-17(12-28-19)14-7-3-1-4-8-14)18(27)13-29-21-26-25-20(30-21)23-15-9-5-2-6-10-15/h1-10,12,16H,13H2,(H,23,25). The van der Waals surface area contributed by atoms with Crippen LogP contribution in [0.4, 0.5) is 10.8 Å². The molecule has 0 aliphatic heterocycles. The number of rotatable bonds is 8. The van der Waals surface area contributed by atoms with Crippen molar-refractivity contribution >= 4 is 51.0 Å². The van der Waals surface area contributed by atoms with Gasteiger partial charge in [0.2, 0.25) is 5.13 Å². The molecule has 0 amide bonds. The minimum Gasteiger partial charge on any atom is -0.330 e. The van der Waals surface area contributed by atoms with Crippen molar-refractivity contribution in [1.29, 1.82) is 5.26 Å². The summed E-state index contributed by atoms with van der Waals surface area (Å²) in [5, 5.41) is 24.0. The summed E-state index contributed by atoms with van der Waals surface area (Å²) in [6, 6.07) is 21.5. The Balaban J connectivity index is 1.37.